The van der Waals surface area contributed by atoms with E-state index in [0.717, 1.165) is 13.1 Å². The molecule has 2 rings (SSSR count). The molecule has 0 amide bonds. The number of rotatable bonds is 5. The fourth-order valence-electron chi connectivity index (χ4n) is 1.45. The topological polar surface area (TPSA) is 29.9 Å². The van der Waals surface area contributed by atoms with E-state index in [0.29, 0.717) is 6.04 Å². The summed E-state index contributed by atoms with van der Waals surface area (Å²) in [5, 5.41) is 9.74. The second-order valence-electron chi connectivity index (χ2n) is 3.55. The summed E-state index contributed by atoms with van der Waals surface area (Å²) in [6.07, 6.45) is 3.81. The van der Waals surface area contributed by atoms with Crippen LogP contribution in [0.4, 0.5) is 0 Å². The Kier molecular flexibility index (Phi) is 3.53. The monoisotopic (exact) mass is 221 g/mol. The highest BCUT2D eigenvalue weighted by Crippen LogP contribution is 2.08. The molecule has 1 unspecified atom stereocenters. The molecule has 15 heavy (non-hydrogen) atoms. The summed E-state index contributed by atoms with van der Waals surface area (Å²) in [5.74, 6) is 0. The molecule has 0 aliphatic carbocycles. The summed E-state index contributed by atoms with van der Waals surface area (Å²) in [7, 11) is 0. The molecule has 0 spiro atoms. The maximum absolute atomic E-state index is 4.21. The fourth-order valence-corrected chi connectivity index (χ4v) is 2.13. The van der Waals surface area contributed by atoms with Crippen LogP contribution in [0.15, 0.2) is 36.0 Å². The molecule has 0 aromatic carbocycles. The zero-order valence-corrected chi connectivity index (χ0v) is 9.57. The van der Waals surface area contributed by atoms with Gasteiger partial charge in [-0.3, -0.25) is 4.68 Å². The van der Waals surface area contributed by atoms with Crippen LogP contribution < -0.4 is 5.32 Å². The van der Waals surface area contributed by atoms with Gasteiger partial charge in [0.15, 0.2) is 0 Å². The predicted molar refractivity (Wildman–Crippen MR) is 63.0 cm³/mol. The van der Waals surface area contributed by atoms with Gasteiger partial charge >= 0.3 is 0 Å². The summed E-state index contributed by atoms with van der Waals surface area (Å²) in [4.78, 5) is 1.38. The normalized spacial score (nSPS) is 12.9. The van der Waals surface area contributed by atoms with Crippen molar-refractivity contribution >= 4 is 11.3 Å². The summed E-state index contributed by atoms with van der Waals surface area (Å²) >= 11 is 1.79. The van der Waals surface area contributed by atoms with E-state index in [1.54, 1.807) is 11.3 Å². The van der Waals surface area contributed by atoms with Gasteiger partial charge in [0.25, 0.3) is 0 Å². The summed E-state index contributed by atoms with van der Waals surface area (Å²) in [6, 6.07) is 6.59. The van der Waals surface area contributed by atoms with Crippen LogP contribution >= 0.6 is 11.3 Å². The first-order valence-electron chi connectivity index (χ1n) is 5.08. The maximum Gasteiger partial charge on any atom is 0.0615 e. The van der Waals surface area contributed by atoms with Crippen molar-refractivity contribution in [2.45, 2.75) is 19.5 Å². The number of hydrogen-bond acceptors (Lipinski definition) is 3. The second-order valence-corrected chi connectivity index (χ2v) is 4.58. The standard InChI is InChI=1S/C11H15N3S/c1-10(14-6-3-5-13-14)8-12-9-11-4-2-7-15-11/h2-7,10,12H,8-9H2,1H3. The van der Waals surface area contributed by atoms with Gasteiger partial charge in [0.05, 0.1) is 6.04 Å². The Labute approximate surface area is 93.7 Å². The smallest absolute Gasteiger partial charge is 0.0615 e. The molecule has 80 valence electrons. The van der Waals surface area contributed by atoms with Crippen LogP contribution in [-0.2, 0) is 6.54 Å². The number of aromatic nitrogens is 2. The quantitative estimate of drug-likeness (QED) is 0.839. The minimum Gasteiger partial charge on any atom is -0.310 e. The highest BCUT2D eigenvalue weighted by molar-refractivity contribution is 7.09. The van der Waals surface area contributed by atoms with Gasteiger partial charge in [-0.15, -0.1) is 11.3 Å². The van der Waals surface area contributed by atoms with Crippen molar-refractivity contribution in [1.82, 2.24) is 15.1 Å². The molecule has 0 radical (unpaired) electrons. The molecule has 0 aliphatic heterocycles. The molecule has 1 atom stereocenters. The van der Waals surface area contributed by atoms with Gasteiger partial charge in [0, 0.05) is 30.4 Å². The minimum absolute atomic E-state index is 0.403. The van der Waals surface area contributed by atoms with Gasteiger partial charge in [0.2, 0.25) is 0 Å². The molecular formula is C11H15N3S. The van der Waals surface area contributed by atoms with Crippen LogP contribution in [0.25, 0.3) is 0 Å². The molecule has 0 saturated carbocycles. The maximum atomic E-state index is 4.21. The molecule has 2 aromatic heterocycles. The molecule has 1 N–H and O–H groups in total. The van der Waals surface area contributed by atoms with E-state index in [9.17, 15) is 0 Å². The van der Waals surface area contributed by atoms with Crippen molar-refractivity contribution in [1.29, 1.82) is 0 Å². The third-order valence-electron chi connectivity index (χ3n) is 2.30. The van der Waals surface area contributed by atoms with E-state index >= 15 is 0 Å². The summed E-state index contributed by atoms with van der Waals surface area (Å²) in [6.45, 7) is 4.05. The molecule has 0 saturated heterocycles. The third kappa shape index (κ3) is 2.91. The fraction of sp³-hybridized carbons (Fsp3) is 0.364. The molecular weight excluding hydrogens is 206 g/mol. The molecule has 3 nitrogen and oxygen atoms in total. The lowest BCUT2D eigenvalue weighted by atomic mass is 10.3. The Balaban J connectivity index is 1.74. The lowest BCUT2D eigenvalue weighted by molar-refractivity contribution is 0.454. The molecule has 4 heteroatoms. The van der Waals surface area contributed by atoms with Crippen molar-refractivity contribution in [3.8, 4) is 0 Å². The van der Waals surface area contributed by atoms with Crippen LogP contribution in [0, 0.1) is 0 Å². The van der Waals surface area contributed by atoms with E-state index < -0.39 is 0 Å². The number of thiophene rings is 1. The second kappa shape index (κ2) is 5.09. The van der Waals surface area contributed by atoms with Gasteiger partial charge in [-0.25, -0.2) is 0 Å². The molecule has 2 heterocycles. The van der Waals surface area contributed by atoms with E-state index in [1.165, 1.54) is 4.88 Å². The van der Waals surface area contributed by atoms with Gasteiger partial charge < -0.3 is 5.32 Å². The average molecular weight is 221 g/mol. The van der Waals surface area contributed by atoms with Crippen LogP contribution in [-0.4, -0.2) is 16.3 Å². The van der Waals surface area contributed by atoms with Crippen LogP contribution in [0.2, 0.25) is 0 Å². The number of hydrogen-bond donors (Lipinski definition) is 1. The molecule has 0 aliphatic rings. The Hall–Kier alpha value is -1.13. The zero-order chi connectivity index (χ0) is 10.5. The van der Waals surface area contributed by atoms with Gasteiger partial charge in [-0.1, -0.05) is 6.07 Å². The molecule has 0 fully saturated rings. The lowest BCUT2D eigenvalue weighted by Crippen LogP contribution is -2.23. The van der Waals surface area contributed by atoms with E-state index in [1.807, 2.05) is 23.1 Å². The van der Waals surface area contributed by atoms with E-state index in [2.05, 4.69) is 34.9 Å². The van der Waals surface area contributed by atoms with Gasteiger partial charge in [-0.2, -0.15) is 5.10 Å². The van der Waals surface area contributed by atoms with Crippen molar-refractivity contribution in [2.24, 2.45) is 0 Å². The lowest BCUT2D eigenvalue weighted by Gasteiger charge is -2.12. The third-order valence-corrected chi connectivity index (χ3v) is 3.17. The Bertz CT molecular complexity index is 366. The van der Waals surface area contributed by atoms with Gasteiger partial charge in [0.1, 0.15) is 0 Å². The minimum atomic E-state index is 0.403. The first-order valence-corrected chi connectivity index (χ1v) is 5.96. The van der Waals surface area contributed by atoms with Crippen LogP contribution in [0.5, 0.6) is 0 Å². The van der Waals surface area contributed by atoms with E-state index in [-0.39, 0.29) is 0 Å². The van der Waals surface area contributed by atoms with Crippen LogP contribution in [0.3, 0.4) is 0 Å². The van der Waals surface area contributed by atoms with Crippen molar-refractivity contribution < 1.29 is 0 Å². The predicted octanol–water partition coefficient (Wildman–Crippen LogP) is 2.30. The van der Waals surface area contributed by atoms with Crippen molar-refractivity contribution in [2.75, 3.05) is 6.54 Å². The molecule has 0 bridgehead atoms. The van der Waals surface area contributed by atoms with Gasteiger partial charge in [-0.05, 0) is 24.4 Å². The number of nitrogens with one attached hydrogen (secondary N) is 1. The van der Waals surface area contributed by atoms with Crippen LogP contribution in [0.1, 0.15) is 17.8 Å². The largest absolute Gasteiger partial charge is 0.310 e. The average Bonchev–Trinajstić information content (AvgIpc) is 2.90. The van der Waals surface area contributed by atoms with E-state index in [4.69, 9.17) is 0 Å². The highest BCUT2D eigenvalue weighted by atomic mass is 32.1. The number of nitrogens with zero attached hydrogens (tertiary/aromatic N) is 2. The summed E-state index contributed by atoms with van der Waals surface area (Å²) < 4.78 is 1.97. The Morgan fingerprint density at radius 2 is 2.47 bits per heavy atom. The van der Waals surface area contributed by atoms with Crippen molar-refractivity contribution in [3.63, 3.8) is 0 Å². The Morgan fingerprint density at radius 1 is 1.53 bits per heavy atom. The van der Waals surface area contributed by atoms with Crippen molar-refractivity contribution in [3.05, 3.63) is 40.8 Å². The SMILES string of the molecule is CC(CNCc1cccs1)n1cccn1. The first-order chi connectivity index (χ1) is 7.36. The zero-order valence-electron chi connectivity index (χ0n) is 8.76. The molecule has 2 aromatic rings. The highest BCUT2D eigenvalue weighted by Gasteiger charge is 2.03. The summed E-state index contributed by atoms with van der Waals surface area (Å²) in [5.41, 5.74) is 0. The Morgan fingerprint density at radius 3 is 3.13 bits per heavy atom. The first kappa shape index (κ1) is 10.4.